The van der Waals surface area contributed by atoms with Gasteiger partial charge in [0.15, 0.2) is 0 Å². The van der Waals surface area contributed by atoms with Crippen LogP contribution in [-0.4, -0.2) is 11.7 Å². The molecule has 0 rings (SSSR count). The summed E-state index contributed by atoms with van der Waals surface area (Å²) in [5.41, 5.74) is 2.46. The van der Waals surface area contributed by atoms with Gasteiger partial charge in [0, 0.05) is 0 Å². The van der Waals surface area contributed by atoms with Gasteiger partial charge in [0.2, 0.25) is 0 Å². The molecular formula is C3H5OP. The van der Waals surface area contributed by atoms with E-state index in [0.29, 0.717) is 6.42 Å². The van der Waals surface area contributed by atoms with Gasteiger partial charge in [-0.15, -0.1) is 0 Å². The van der Waals surface area contributed by atoms with Crippen molar-refractivity contribution in [3.05, 3.63) is 0 Å². The maximum atomic E-state index is 7.95. The zero-order valence-electron chi connectivity index (χ0n) is 2.81. The second-order valence-electron chi connectivity index (χ2n) is 0.632. The summed E-state index contributed by atoms with van der Waals surface area (Å²) >= 11 is 0. The third kappa shape index (κ3) is 4.17. The van der Waals surface area contributed by atoms with Gasteiger partial charge in [0.1, 0.15) is 0 Å². The van der Waals surface area contributed by atoms with Crippen LogP contribution < -0.4 is 0 Å². The first kappa shape index (κ1) is 5.17. The summed E-state index contributed by atoms with van der Waals surface area (Å²) in [5.74, 6) is 0. The van der Waals surface area contributed by atoms with Gasteiger partial charge in [-0.1, -0.05) is 0 Å². The number of hydrogen-bond acceptors (Lipinski definition) is 1. The van der Waals surface area contributed by atoms with E-state index in [4.69, 9.17) is 5.11 Å². The predicted molar refractivity (Wildman–Crippen MR) is 22.5 cm³/mol. The van der Waals surface area contributed by atoms with Gasteiger partial charge in [-0.25, -0.2) is 0 Å². The van der Waals surface area contributed by atoms with Crippen molar-refractivity contribution in [1.29, 1.82) is 0 Å². The van der Waals surface area contributed by atoms with Crippen LogP contribution in [0.4, 0.5) is 0 Å². The fourth-order valence-electron chi connectivity index (χ4n) is 0.0500. The van der Waals surface area contributed by atoms with Crippen molar-refractivity contribution in [2.75, 3.05) is 6.61 Å². The zero-order valence-corrected chi connectivity index (χ0v) is 3.70. The molecular weight excluding hydrogens is 83.0 g/mol. The van der Waals surface area contributed by atoms with Crippen molar-refractivity contribution >= 4 is 8.70 Å². The van der Waals surface area contributed by atoms with Crippen molar-refractivity contribution in [1.82, 2.24) is 0 Å². The molecule has 0 unspecified atom stereocenters. The quantitative estimate of drug-likeness (QED) is 0.468. The first-order valence-corrected chi connectivity index (χ1v) is 1.84. The second kappa shape index (κ2) is 4.17. The molecule has 2 heteroatoms. The standard InChI is InChI=1S/C3H5OP/c4-2-1-3-5/h4H,1-2H2. The van der Waals surface area contributed by atoms with Crippen molar-refractivity contribution in [3.63, 3.8) is 0 Å². The summed E-state index contributed by atoms with van der Waals surface area (Å²) in [7, 11) is 3.59. The van der Waals surface area contributed by atoms with E-state index in [1.165, 1.54) is 0 Å². The van der Waals surface area contributed by atoms with Crippen LogP contribution in [-0.2, 0) is 0 Å². The van der Waals surface area contributed by atoms with Crippen molar-refractivity contribution in [3.8, 4) is 5.63 Å². The van der Waals surface area contributed by atoms with Crippen molar-refractivity contribution in [2.24, 2.45) is 0 Å². The monoisotopic (exact) mass is 88.0 g/mol. The fraction of sp³-hybridized carbons (Fsp3) is 0.667. The molecule has 5 heavy (non-hydrogen) atoms. The Balaban J connectivity index is 2.48. The van der Waals surface area contributed by atoms with Gasteiger partial charge < -0.3 is 0 Å². The van der Waals surface area contributed by atoms with Gasteiger partial charge in [-0.05, 0) is 0 Å². The summed E-state index contributed by atoms with van der Waals surface area (Å²) in [4.78, 5) is 0. The molecule has 28 valence electrons. The molecule has 0 atom stereocenters. The third-order valence-corrected chi connectivity index (χ3v) is 0.447. The van der Waals surface area contributed by atoms with E-state index in [9.17, 15) is 0 Å². The molecule has 0 saturated carbocycles. The molecule has 0 aliphatic rings. The summed E-state index contributed by atoms with van der Waals surface area (Å²) in [6.45, 7) is 0.156. The van der Waals surface area contributed by atoms with Crippen molar-refractivity contribution < 1.29 is 5.11 Å². The molecule has 0 aromatic carbocycles. The molecule has 0 aliphatic heterocycles. The normalized spacial score (nSPS) is 6.40. The first-order chi connectivity index (χ1) is 2.41. The molecule has 0 aromatic heterocycles. The van der Waals surface area contributed by atoms with Gasteiger partial charge >= 0.3 is 32.5 Å². The van der Waals surface area contributed by atoms with Crippen LogP contribution in [0, 0.1) is 5.63 Å². The molecule has 0 radical (unpaired) electrons. The minimum absolute atomic E-state index is 0.156. The molecule has 0 saturated heterocycles. The molecule has 1 nitrogen and oxygen atoms in total. The average Bonchev–Trinajstić information content (AvgIpc) is 1.41. The maximum absolute atomic E-state index is 7.95. The van der Waals surface area contributed by atoms with Crippen LogP contribution in [0.25, 0.3) is 0 Å². The summed E-state index contributed by atoms with van der Waals surface area (Å²) < 4.78 is 0. The number of aliphatic hydroxyl groups is 1. The fourth-order valence-corrected chi connectivity index (χ4v) is 0.150. The van der Waals surface area contributed by atoms with E-state index in [-0.39, 0.29) is 6.61 Å². The Morgan fingerprint density at radius 1 is 1.80 bits per heavy atom. The Hall–Kier alpha value is 0.170. The van der Waals surface area contributed by atoms with Gasteiger partial charge in [-0.2, -0.15) is 0 Å². The van der Waals surface area contributed by atoms with Crippen LogP contribution in [0.3, 0.4) is 0 Å². The minimum atomic E-state index is 0.156. The van der Waals surface area contributed by atoms with E-state index >= 15 is 0 Å². The molecule has 0 fully saturated rings. The molecule has 0 amide bonds. The van der Waals surface area contributed by atoms with Crippen LogP contribution in [0.2, 0.25) is 0 Å². The molecule has 1 N–H and O–H groups in total. The van der Waals surface area contributed by atoms with Crippen molar-refractivity contribution in [2.45, 2.75) is 6.42 Å². The van der Waals surface area contributed by atoms with Crippen LogP contribution in [0.15, 0.2) is 0 Å². The van der Waals surface area contributed by atoms with Crippen LogP contribution >= 0.6 is 8.70 Å². The summed E-state index contributed by atoms with van der Waals surface area (Å²) in [6, 6.07) is 0. The molecule has 0 bridgehead atoms. The Labute approximate surface area is 33.5 Å². The first-order valence-electron chi connectivity index (χ1n) is 1.39. The molecule has 0 heterocycles. The molecule has 0 aromatic rings. The predicted octanol–water partition coefficient (Wildman–Crippen LogP) is 0.738. The molecule has 0 aliphatic carbocycles. The molecule has 0 spiro atoms. The average molecular weight is 88.0 g/mol. The van der Waals surface area contributed by atoms with Gasteiger partial charge in [-0.3, -0.25) is 0 Å². The number of hydrogen-bond donors (Lipinski definition) is 1. The Morgan fingerprint density at radius 2 is 2.40 bits per heavy atom. The number of rotatable bonds is 1. The summed E-state index contributed by atoms with van der Waals surface area (Å²) in [6.07, 6.45) is 0.559. The van der Waals surface area contributed by atoms with E-state index in [2.05, 4.69) is 14.3 Å². The number of aliphatic hydroxyl groups excluding tert-OH is 1. The topological polar surface area (TPSA) is 20.2 Å². The van der Waals surface area contributed by atoms with E-state index in [0.717, 1.165) is 0 Å². The third-order valence-electron chi connectivity index (χ3n) is 0.224. The zero-order chi connectivity index (χ0) is 4.12. The van der Waals surface area contributed by atoms with E-state index in [1.54, 1.807) is 0 Å². The van der Waals surface area contributed by atoms with Crippen LogP contribution in [0.5, 0.6) is 0 Å². The Kier molecular flexibility index (Phi) is 4.31. The summed E-state index contributed by atoms with van der Waals surface area (Å²) in [5, 5.41) is 7.95. The van der Waals surface area contributed by atoms with E-state index in [1.807, 2.05) is 0 Å². The Morgan fingerprint density at radius 3 is 2.40 bits per heavy atom. The van der Waals surface area contributed by atoms with Crippen LogP contribution in [0.1, 0.15) is 6.42 Å². The van der Waals surface area contributed by atoms with Gasteiger partial charge in [0.25, 0.3) is 0 Å². The Bertz CT molecular complexity index is 45.3. The SMILES string of the molecule is OCCC#P. The second-order valence-corrected chi connectivity index (χ2v) is 0.948. The van der Waals surface area contributed by atoms with Gasteiger partial charge in [0.05, 0.1) is 0 Å². The van der Waals surface area contributed by atoms with E-state index < -0.39 is 0 Å².